The number of carbonyl (C=O) groups is 1. The summed E-state index contributed by atoms with van der Waals surface area (Å²) < 4.78 is 22.2. The molecular weight excluding hydrogens is 248 g/mol. The van der Waals surface area contributed by atoms with E-state index in [-0.39, 0.29) is 12.9 Å². The van der Waals surface area contributed by atoms with Gasteiger partial charge >= 0.3 is 0 Å². The number of ether oxygens (including phenoxy) is 4. The third-order valence-electron chi connectivity index (χ3n) is 3.15. The summed E-state index contributed by atoms with van der Waals surface area (Å²) in [7, 11) is 0. The molecular formula is C14H16O5. The summed E-state index contributed by atoms with van der Waals surface area (Å²) in [6, 6.07) is 5.35. The van der Waals surface area contributed by atoms with Crippen LogP contribution < -0.4 is 14.2 Å². The standard InChI is InChI=1S/C14H16O5/c15-8-11-9-17-12-5-4-10(7-13(12)18-11)19-14-3-1-2-6-16-14/h4-5,7-8,11,14H,1-3,6,9H2/t11-,14?/m0/s1. The Labute approximate surface area is 111 Å². The molecule has 2 atom stereocenters. The first-order chi connectivity index (χ1) is 9.35. The van der Waals surface area contributed by atoms with Gasteiger partial charge in [0, 0.05) is 12.5 Å². The minimum atomic E-state index is -0.548. The van der Waals surface area contributed by atoms with Gasteiger partial charge < -0.3 is 18.9 Å². The highest BCUT2D eigenvalue weighted by Gasteiger charge is 2.22. The molecule has 0 bridgehead atoms. The Balaban J connectivity index is 1.71. The van der Waals surface area contributed by atoms with Crippen LogP contribution in [0.4, 0.5) is 0 Å². The summed E-state index contributed by atoms with van der Waals surface area (Å²) in [6.07, 6.45) is 3.09. The highest BCUT2D eigenvalue weighted by molar-refractivity contribution is 5.59. The highest BCUT2D eigenvalue weighted by atomic mass is 16.7. The lowest BCUT2D eigenvalue weighted by Gasteiger charge is -2.26. The number of carbonyl (C=O) groups excluding carboxylic acids is 1. The Hall–Kier alpha value is -1.75. The van der Waals surface area contributed by atoms with Crippen LogP contribution in [-0.2, 0) is 9.53 Å². The molecule has 0 radical (unpaired) electrons. The second-order valence-electron chi connectivity index (χ2n) is 4.63. The van der Waals surface area contributed by atoms with Crippen molar-refractivity contribution >= 4 is 6.29 Å². The zero-order chi connectivity index (χ0) is 13.1. The average Bonchev–Trinajstić information content (AvgIpc) is 2.47. The maximum Gasteiger partial charge on any atom is 0.199 e. The molecule has 5 nitrogen and oxygen atoms in total. The Morgan fingerprint density at radius 2 is 2.21 bits per heavy atom. The van der Waals surface area contributed by atoms with Crippen molar-refractivity contribution in [3.8, 4) is 17.2 Å². The van der Waals surface area contributed by atoms with Crippen LogP contribution in [0.25, 0.3) is 0 Å². The summed E-state index contributed by atoms with van der Waals surface area (Å²) in [5.74, 6) is 1.84. The number of rotatable bonds is 3. The average molecular weight is 264 g/mol. The number of hydrogen-bond donors (Lipinski definition) is 0. The van der Waals surface area contributed by atoms with E-state index in [1.54, 1.807) is 12.1 Å². The van der Waals surface area contributed by atoms with E-state index in [1.807, 2.05) is 6.07 Å². The zero-order valence-corrected chi connectivity index (χ0v) is 10.5. The second kappa shape index (κ2) is 5.48. The highest BCUT2D eigenvalue weighted by Crippen LogP contribution is 2.35. The van der Waals surface area contributed by atoms with Gasteiger partial charge in [-0.1, -0.05) is 0 Å². The summed E-state index contributed by atoms with van der Waals surface area (Å²) >= 11 is 0. The summed E-state index contributed by atoms with van der Waals surface area (Å²) in [5.41, 5.74) is 0. The molecule has 2 aliphatic heterocycles. The van der Waals surface area contributed by atoms with Crippen molar-refractivity contribution in [2.24, 2.45) is 0 Å². The number of fused-ring (bicyclic) bond motifs is 1. The Bertz CT molecular complexity index is 453. The van der Waals surface area contributed by atoms with Crippen molar-refractivity contribution in [2.75, 3.05) is 13.2 Å². The first-order valence-corrected chi connectivity index (χ1v) is 6.52. The first-order valence-electron chi connectivity index (χ1n) is 6.52. The topological polar surface area (TPSA) is 54.0 Å². The fourth-order valence-electron chi connectivity index (χ4n) is 2.17. The predicted octanol–water partition coefficient (Wildman–Crippen LogP) is 1.93. The largest absolute Gasteiger partial charge is 0.485 e. The molecule has 0 saturated carbocycles. The molecule has 0 N–H and O–H groups in total. The molecule has 0 spiro atoms. The molecule has 2 heterocycles. The van der Waals surface area contributed by atoms with Crippen molar-refractivity contribution in [3.63, 3.8) is 0 Å². The second-order valence-corrected chi connectivity index (χ2v) is 4.63. The van der Waals surface area contributed by atoms with Gasteiger partial charge in [0.1, 0.15) is 12.4 Å². The molecule has 1 saturated heterocycles. The normalized spacial score (nSPS) is 25.7. The van der Waals surface area contributed by atoms with Crippen LogP contribution in [0.1, 0.15) is 19.3 Å². The molecule has 5 heteroatoms. The molecule has 0 aliphatic carbocycles. The van der Waals surface area contributed by atoms with Gasteiger partial charge in [0.05, 0.1) is 6.61 Å². The molecule has 102 valence electrons. The SMILES string of the molecule is O=C[C@H]1COc2ccc(OC3CCCCO3)cc2O1. The van der Waals surface area contributed by atoms with E-state index in [0.717, 1.165) is 32.2 Å². The van der Waals surface area contributed by atoms with Crippen LogP contribution >= 0.6 is 0 Å². The molecule has 1 aromatic carbocycles. The fraction of sp³-hybridized carbons (Fsp3) is 0.500. The van der Waals surface area contributed by atoms with E-state index in [4.69, 9.17) is 18.9 Å². The van der Waals surface area contributed by atoms with Gasteiger partial charge in [-0.2, -0.15) is 0 Å². The van der Waals surface area contributed by atoms with E-state index in [0.29, 0.717) is 17.2 Å². The van der Waals surface area contributed by atoms with Crippen molar-refractivity contribution in [3.05, 3.63) is 18.2 Å². The van der Waals surface area contributed by atoms with Crippen LogP contribution in [0.3, 0.4) is 0 Å². The zero-order valence-electron chi connectivity index (χ0n) is 10.5. The fourth-order valence-corrected chi connectivity index (χ4v) is 2.17. The molecule has 1 aromatic rings. The van der Waals surface area contributed by atoms with E-state index in [2.05, 4.69) is 0 Å². The van der Waals surface area contributed by atoms with Gasteiger partial charge in [-0.05, 0) is 25.0 Å². The van der Waals surface area contributed by atoms with Crippen LogP contribution in [0, 0.1) is 0 Å². The molecule has 3 rings (SSSR count). The summed E-state index contributed by atoms with van der Waals surface area (Å²) in [6.45, 7) is 0.991. The van der Waals surface area contributed by atoms with Crippen molar-refractivity contribution in [1.29, 1.82) is 0 Å². The third kappa shape index (κ3) is 2.81. The monoisotopic (exact) mass is 264 g/mol. The van der Waals surface area contributed by atoms with Gasteiger partial charge in [-0.25, -0.2) is 0 Å². The molecule has 19 heavy (non-hydrogen) atoms. The van der Waals surface area contributed by atoms with Gasteiger partial charge in [-0.15, -0.1) is 0 Å². The van der Waals surface area contributed by atoms with Crippen LogP contribution in [-0.4, -0.2) is 31.9 Å². The number of hydrogen-bond acceptors (Lipinski definition) is 5. The maximum absolute atomic E-state index is 10.7. The van der Waals surface area contributed by atoms with Crippen molar-refractivity contribution < 1.29 is 23.7 Å². The smallest absolute Gasteiger partial charge is 0.199 e. The minimum absolute atomic E-state index is 0.196. The van der Waals surface area contributed by atoms with Gasteiger partial charge in [0.25, 0.3) is 0 Å². The lowest BCUT2D eigenvalue weighted by Crippen LogP contribution is -2.30. The quantitative estimate of drug-likeness (QED) is 0.781. The van der Waals surface area contributed by atoms with E-state index < -0.39 is 6.10 Å². The molecule has 1 fully saturated rings. The predicted molar refractivity (Wildman–Crippen MR) is 66.6 cm³/mol. The number of benzene rings is 1. The minimum Gasteiger partial charge on any atom is -0.485 e. The van der Waals surface area contributed by atoms with E-state index >= 15 is 0 Å². The first kappa shape index (κ1) is 12.3. The molecule has 1 unspecified atom stereocenters. The van der Waals surface area contributed by atoms with Crippen LogP contribution in [0.5, 0.6) is 17.2 Å². The van der Waals surface area contributed by atoms with Gasteiger partial charge in [-0.3, -0.25) is 4.79 Å². The Morgan fingerprint density at radius 3 is 3.00 bits per heavy atom. The molecule has 0 amide bonds. The van der Waals surface area contributed by atoms with Crippen LogP contribution in [0.15, 0.2) is 18.2 Å². The van der Waals surface area contributed by atoms with Crippen LogP contribution in [0.2, 0.25) is 0 Å². The van der Waals surface area contributed by atoms with Gasteiger partial charge in [0.2, 0.25) is 0 Å². The maximum atomic E-state index is 10.7. The Kier molecular flexibility index (Phi) is 3.55. The van der Waals surface area contributed by atoms with Crippen molar-refractivity contribution in [1.82, 2.24) is 0 Å². The van der Waals surface area contributed by atoms with Gasteiger partial charge in [0.15, 0.2) is 30.2 Å². The lowest BCUT2D eigenvalue weighted by atomic mass is 10.2. The molecule has 0 aromatic heterocycles. The van der Waals surface area contributed by atoms with E-state index in [1.165, 1.54) is 0 Å². The van der Waals surface area contributed by atoms with E-state index in [9.17, 15) is 4.79 Å². The van der Waals surface area contributed by atoms with Crippen molar-refractivity contribution in [2.45, 2.75) is 31.7 Å². The summed E-state index contributed by atoms with van der Waals surface area (Å²) in [5, 5.41) is 0. The molecule has 2 aliphatic rings. The summed E-state index contributed by atoms with van der Waals surface area (Å²) in [4.78, 5) is 10.7. The number of aldehydes is 1. The lowest BCUT2D eigenvalue weighted by molar-refractivity contribution is -0.116. The third-order valence-corrected chi connectivity index (χ3v) is 3.15. The Morgan fingerprint density at radius 1 is 1.26 bits per heavy atom.